The van der Waals surface area contributed by atoms with Gasteiger partial charge in [-0.3, -0.25) is 14.3 Å². The van der Waals surface area contributed by atoms with Crippen LogP contribution in [0.5, 0.6) is 0 Å². The van der Waals surface area contributed by atoms with Crippen molar-refractivity contribution >= 4 is 11.6 Å². The highest BCUT2D eigenvalue weighted by atomic mass is 19.4. The minimum absolute atomic E-state index is 0.171. The molecule has 10 heteroatoms. The Hall–Kier alpha value is -2.36. The number of halogens is 3. The third-order valence-electron chi connectivity index (χ3n) is 4.35. The molecule has 0 amide bonds. The van der Waals surface area contributed by atoms with Crippen molar-refractivity contribution in [2.24, 2.45) is 10.9 Å². The summed E-state index contributed by atoms with van der Waals surface area (Å²) in [5, 5.41) is 14.6. The van der Waals surface area contributed by atoms with E-state index in [9.17, 15) is 13.2 Å². The van der Waals surface area contributed by atoms with Crippen molar-refractivity contribution in [3.63, 3.8) is 0 Å². The number of rotatable bonds is 5. The summed E-state index contributed by atoms with van der Waals surface area (Å²) in [6, 6.07) is 5.67. The molecule has 0 radical (unpaired) electrons. The number of nitrogens with zero attached hydrogens (tertiary/aromatic N) is 5. The van der Waals surface area contributed by atoms with E-state index in [-0.39, 0.29) is 5.92 Å². The molecule has 3 heterocycles. The van der Waals surface area contributed by atoms with Crippen LogP contribution in [-0.4, -0.2) is 64.9 Å². The fourth-order valence-electron chi connectivity index (χ4n) is 3.11. The van der Waals surface area contributed by atoms with Gasteiger partial charge >= 0.3 is 6.18 Å². The van der Waals surface area contributed by atoms with Crippen LogP contribution < -0.4 is 10.6 Å². The predicted molar refractivity (Wildman–Crippen MR) is 91.8 cm³/mol. The molecular formula is C16H22F3N7. The van der Waals surface area contributed by atoms with E-state index in [1.54, 1.807) is 7.05 Å². The van der Waals surface area contributed by atoms with Crippen LogP contribution in [-0.2, 0) is 6.54 Å². The molecular weight excluding hydrogens is 347 g/mol. The highest BCUT2D eigenvalue weighted by molar-refractivity contribution is 5.79. The van der Waals surface area contributed by atoms with Gasteiger partial charge in [-0.25, -0.2) is 0 Å². The molecule has 142 valence electrons. The zero-order valence-corrected chi connectivity index (χ0v) is 14.5. The van der Waals surface area contributed by atoms with Crippen molar-refractivity contribution in [3.8, 4) is 0 Å². The third-order valence-corrected chi connectivity index (χ3v) is 4.35. The van der Waals surface area contributed by atoms with Crippen molar-refractivity contribution in [3.05, 3.63) is 30.2 Å². The molecule has 3 rings (SSSR count). The predicted octanol–water partition coefficient (Wildman–Crippen LogP) is 1.28. The molecule has 0 bridgehead atoms. The summed E-state index contributed by atoms with van der Waals surface area (Å²) in [6.07, 6.45) is -1.51. The van der Waals surface area contributed by atoms with Crippen LogP contribution in [0.1, 0.15) is 12.2 Å². The van der Waals surface area contributed by atoms with E-state index >= 15 is 0 Å². The Morgan fingerprint density at radius 2 is 2.15 bits per heavy atom. The standard InChI is InChI=1S/C16H22F3N7/c1-20-15(21-8-12-5-7-25(10-12)11-16(17,18)19)22-9-14-24-23-13-4-2-3-6-26(13)14/h2-4,6,12H,5,7-11H2,1H3,(H2,20,21,22). The minimum Gasteiger partial charge on any atom is -0.356 e. The first-order valence-electron chi connectivity index (χ1n) is 8.47. The summed E-state index contributed by atoms with van der Waals surface area (Å²) in [7, 11) is 1.65. The first-order chi connectivity index (χ1) is 12.4. The molecule has 7 nitrogen and oxygen atoms in total. The van der Waals surface area contributed by atoms with E-state index in [1.807, 2.05) is 28.8 Å². The lowest BCUT2D eigenvalue weighted by atomic mass is 10.1. The normalized spacial score (nSPS) is 19.2. The van der Waals surface area contributed by atoms with Gasteiger partial charge in [-0.1, -0.05) is 6.07 Å². The summed E-state index contributed by atoms with van der Waals surface area (Å²) < 4.78 is 39.2. The van der Waals surface area contributed by atoms with Gasteiger partial charge in [0.1, 0.15) is 0 Å². The molecule has 1 fully saturated rings. The maximum absolute atomic E-state index is 12.4. The van der Waals surface area contributed by atoms with E-state index in [4.69, 9.17) is 0 Å². The largest absolute Gasteiger partial charge is 0.401 e. The smallest absolute Gasteiger partial charge is 0.356 e. The van der Waals surface area contributed by atoms with E-state index in [0.717, 1.165) is 17.9 Å². The van der Waals surface area contributed by atoms with Crippen molar-refractivity contribution in [2.75, 3.05) is 33.2 Å². The molecule has 2 N–H and O–H groups in total. The minimum atomic E-state index is -4.14. The Labute approximate surface area is 149 Å². The van der Waals surface area contributed by atoms with Crippen LogP contribution in [0.3, 0.4) is 0 Å². The average Bonchev–Trinajstić information content (AvgIpc) is 3.20. The Morgan fingerprint density at radius 3 is 2.92 bits per heavy atom. The monoisotopic (exact) mass is 369 g/mol. The fraction of sp³-hybridized carbons (Fsp3) is 0.562. The van der Waals surface area contributed by atoms with Crippen LogP contribution in [0.15, 0.2) is 29.4 Å². The van der Waals surface area contributed by atoms with Crippen LogP contribution >= 0.6 is 0 Å². The molecule has 0 aromatic carbocycles. The van der Waals surface area contributed by atoms with Crippen LogP contribution in [0.25, 0.3) is 5.65 Å². The number of aromatic nitrogens is 3. The first-order valence-corrected chi connectivity index (χ1v) is 8.47. The Kier molecular flexibility index (Phi) is 5.60. The van der Waals surface area contributed by atoms with Crippen molar-refractivity contribution < 1.29 is 13.2 Å². The summed E-state index contributed by atoms with van der Waals surface area (Å²) in [5.41, 5.74) is 0.767. The molecule has 2 aromatic heterocycles. The van der Waals surface area contributed by atoms with Gasteiger partial charge in [0.15, 0.2) is 17.4 Å². The van der Waals surface area contributed by atoms with Gasteiger partial charge in [0.25, 0.3) is 0 Å². The molecule has 26 heavy (non-hydrogen) atoms. The number of hydrogen-bond donors (Lipinski definition) is 2. The molecule has 0 aliphatic carbocycles. The Balaban J connectivity index is 1.45. The number of hydrogen-bond acceptors (Lipinski definition) is 4. The van der Waals surface area contributed by atoms with E-state index in [2.05, 4.69) is 25.8 Å². The lowest BCUT2D eigenvalue weighted by Gasteiger charge is -2.18. The zero-order valence-electron chi connectivity index (χ0n) is 14.5. The lowest BCUT2D eigenvalue weighted by Crippen LogP contribution is -2.40. The molecule has 2 aromatic rings. The van der Waals surface area contributed by atoms with Gasteiger partial charge < -0.3 is 10.6 Å². The molecule has 1 atom stereocenters. The fourth-order valence-corrected chi connectivity index (χ4v) is 3.11. The van der Waals surface area contributed by atoms with Gasteiger partial charge in [-0.2, -0.15) is 13.2 Å². The quantitative estimate of drug-likeness (QED) is 0.614. The molecule has 0 saturated carbocycles. The first kappa shape index (κ1) is 18.4. The second-order valence-corrected chi connectivity index (χ2v) is 6.36. The second kappa shape index (κ2) is 7.90. The molecule has 1 aliphatic heterocycles. The van der Waals surface area contributed by atoms with Gasteiger partial charge in [0, 0.05) is 26.3 Å². The number of fused-ring (bicyclic) bond motifs is 1. The van der Waals surface area contributed by atoms with Gasteiger partial charge in [-0.15, -0.1) is 10.2 Å². The zero-order chi connectivity index (χ0) is 18.6. The van der Waals surface area contributed by atoms with E-state index in [1.165, 1.54) is 4.90 Å². The number of guanidine groups is 1. The third kappa shape index (κ3) is 4.84. The Morgan fingerprint density at radius 1 is 1.31 bits per heavy atom. The van der Waals surface area contributed by atoms with Crippen LogP contribution in [0.4, 0.5) is 13.2 Å². The number of nitrogens with one attached hydrogen (secondary N) is 2. The van der Waals surface area contributed by atoms with Crippen molar-refractivity contribution in [1.29, 1.82) is 0 Å². The SMILES string of the molecule is CN=C(NCc1nnc2ccccn12)NCC1CCN(CC(F)(F)F)C1. The molecule has 0 spiro atoms. The highest BCUT2D eigenvalue weighted by Gasteiger charge is 2.34. The Bertz CT molecular complexity index is 756. The van der Waals surface area contributed by atoms with Gasteiger partial charge in [-0.05, 0) is 31.0 Å². The van der Waals surface area contributed by atoms with E-state index in [0.29, 0.717) is 32.1 Å². The number of likely N-dealkylation sites (tertiary alicyclic amines) is 1. The van der Waals surface area contributed by atoms with Crippen LogP contribution in [0, 0.1) is 5.92 Å². The topological polar surface area (TPSA) is 69.8 Å². The maximum atomic E-state index is 12.4. The average molecular weight is 369 g/mol. The van der Waals surface area contributed by atoms with Gasteiger partial charge in [0.05, 0.1) is 13.1 Å². The highest BCUT2D eigenvalue weighted by Crippen LogP contribution is 2.22. The summed E-state index contributed by atoms with van der Waals surface area (Å²) in [6.45, 7) is 1.10. The molecule has 1 unspecified atom stereocenters. The second-order valence-electron chi connectivity index (χ2n) is 6.36. The van der Waals surface area contributed by atoms with Gasteiger partial charge in [0.2, 0.25) is 0 Å². The lowest BCUT2D eigenvalue weighted by molar-refractivity contribution is -0.143. The maximum Gasteiger partial charge on any atom is 0.401 e. The van der Waals surface area contributed by atoms with Crippen molar-refractivity contribution in [1.82, 2.24) is 30.1 Å². The number of alkyl halides is 3. The molecule has 1 saturated heterocycles. The van der Waals surface area contributed by atoms with Crippen LogP contribution in [0.2, 0.25) is 0 Å². The summed E-state index contributed by atoms with van der Waals surface area (Å²) >= 11 is 0. The van der Waals surface area contributed by atoms with E-state index < -0.39 is 12.7 Å². The summed E-state index contributed by atoms with van der Waals surface area (Å²) in [4.78, 5) is 5.60. The number of aliphatic imine (C=N–C) groups is 1. The number of pyridine rings is 1. The molecule has 1 aliphatic rings. The summed E-state index contributed by atoms with van der Waals surface area (Å²) in [5.74, 6) is 1.51. The van der Waals surface area contributed by atoms with Crippen molar-refractivity contribution in [2.45, 2.75) is 19.1 Å².